The standard InChI is InChI=1S/C46H44O6/c1-31-23-37-27-33-11-3-7-15-41(33)49-19-21-51-43-17-9-5-13-35(43)29-39-25-32(2)26-40(46(39)48)30-36-14-6-10-18-44(36)52-22-20-50-42-16-8-4-12-34(42)28-38(24-31)45(37)47/h3-18,27-32H,19-26H2,1-2H3/b37-27-,38-28+,39-29-,40-30+. The summed E-state index contributed by atoms with van der Waals surface area (Å²) in [6, 6.07) is 31.1. The highest BCUT2D eigenvalue weighted by atomic mass is 16.5. The van der Waals surface area contributed by atoms with Gasteiger partial charge >= 0.3 is 0 Å². The Morgan fingerprint density at radius 1 is 0.385 bits per heavy atom. The van der Waals surface area contributed by atoms with Gasteiger partial charge in [-0.05, 0) is 86.1 Å². The fourth-order valence-electron chi connectivity index (χ4n) is 7.21. The van der Waals surface area contributed by atoms with Gasteiger partial charge in [-0.3, -0.25) is 9.59 Å². The molecule has 2 fully saturated rings. The molecule has 2 atom stereocenters. The van der Waals surface area contributed by atoms with E-state index in [-0.39, 0.29) is 11.6 Å². The molecule has 2 saturated carbocycles. The van der Waals surface area contributed by atoms with Crippen molar-refractivity contribution in [1.29, 1.82) is 0 Å². The zero-order chi connectivity index (χ0) is 35.9. The molecule has 1 aliphatic heterocycles. The van der Waals surface area contributed by atoms with Crippen molar-refractivity contribution < 1.29 is 28.5 Å². The fourth-order valence-corrected chi connectivity index (χ4v) is 7.21. The second-order valence-corrected chi connectivity index (χ2v) is 13.9. The third-order valence-electron chi connectivity index (χ3n) is 9.63. The summed E-state index contributed by atoms with van der Waals surface area (Å²) in [6.45, 7) is 5.59. The van der Waals surface area contributed by atoms with Crippen LogP contribution in [0.5, 0.6) is 23.0 Å². The van der Waals surface area contributed by atoms with Gasteiger partial charge in [0.15, 0.2) is 11.6 Å². The summed E-state index contributed by atoms with van der Waals surface area (Å²) < 4.78 is 24.9. The molecule has 2 unspecified atom stereocenters. The quantitative estimate of drug-likeness (QED) is 0.183. The molecule has 4 aromatic carbocycles. The summed E-state index contributed by atoms with van der Waals surface area (Å²) in [5.41, 5.74) is 6.44. The van der Waals surface area contributed by atoms with Crippen LogP contribution in [0.3, 0.4) is 0 Å². The van der Waals surface area contributed by atoms with Crippen molar-refractivity contribution in [2.75, 3.05) is 26.4 Å². The SMILES string of the molecule is CC1C/C2=C/c3ccccc3OCCOc3ccccc3/C=C3/CC(C)C/C(=C\c4ccccc4OCCOc4ccccc4/C=C(\C1)C2=O)C3=O. The second-order valence-electron chi connectivity index (χ2n) is 13.9. The number of benzene rings is 4. The average Bonchev–Trinajstić information content (AvgIpc) is 3.14. The molecule has 6 heteroatoms. The number of hydrogen-bond acceptors (Lipinski definition) is 6. The summed E-state index contributed by atoms with van der Waals surface area (Å²) >= 11 is 0. The molecule has 0 radical (unpaired) electrons. The highest BCUT2D eigenvalue weighted by Crippen LogP contribution is 2.36. The first-order valence-electron chi connectivity index (χ1n) is 18.2. The predicted octanol–water partition coefficient (Wildman–Crippen LogP) is 9.85. The molecule has 0 saturated heterocycles. The fraction of sp³-hybridized carbons (Fsp3) is 0.261. The van der Waals surface area contributed by atoms with E-state index in [1.165, 1.54) is 0 Å². The van der Waals surface area contributed by atoms with Crippen molar-refractivity contribution in [2.45, 2.75) is 39.5 Å². The maximum absolute atomic E-state index is 13.9. The van der Waals surface area contributed by atoms with Crippen LogP contribution in [0.4, 0.5) is 0 Å². The van der Waals surface area contributed by atoms with E-state index < -0.39 is 0 Å². The largest absolute Gasteiger partial charge is 0.489 e. The van der Waals surface area contributed by atoms with E-state index in [1.54, 1.807) is 0 Å². The van der Waals surface area contributed by atoms with Gasteiger partial charge in [-0.1, -0.05) is 86.6 Å². The number of carbonyl (C=O) groups is 2. The van der Waals surface area contributed by atoms with E-state index in [0.29, 0.717) is 86.9 Å². The number of hydrogen-bond donors (Lipinski definition) is 0. The molecule has 4 aromatic rings. The molecule has 0 aromatic heterocycles. The van der Waals surface area contributed by atoms with E-state index in [2.05, 4.69) is 13.8 Å². The van der Waals surface area contributed by atoms with Crippen molar-refractivity contribution in [3.05, 3.63) is 142 Å². The summed E-state index contributed by atoms with van der Waals surface area (Å²) in [4.78, 5) is 27.8. The lowest BCUT2D eigenvalue weighted by molar-refractivity contribution is -0.113. The molecule has 3 aliphatic rings. The molecule has 7 rings (SSSR count). The first kappa shape index (κ1) is 34.8. The molecule has 0 N–H and O–H groups in total. The average molecular weight is 693 g/mol. The zero-order valence-electron chi connectivity index (χ0n) is 29.8. The monoisotopic (exact) mass is 692 g/mol. The molecular formula is C46H44O6. The Kier molecular flexibility index (Phi) is 10.8. The number of Topliss-reactive ketones (excluding diaryl/α,β-unsaturated/α-hetero) is 2. The third kappa shape index (κ3) is 8.29. The van der Waals surface area contributed by atoms with Gasteiger partial charge in [0, 0.05) is 44.5 Å². The van der Waals surface area contributed by atoms with Gasteiger partial charge in [0.1, 0.15) is 49.4 Å². The smallest absolute Gasteiger partial charge is 0.185 e. The predicted molar refractivity (Wildman–Crippen MR) is 206 cm³/mol. The lowest BCUT2D eigenvalue weighted by atomic mass is 9.80. The molecule has 4 bridgehead atoms. The van der Waals surface area contributed by atoms with E-state index in [1.807, 2.05) is 121 Å². The van der Waals surface area contributed by atoms with Crippen LogP contribution in [0, 0.1) is 11.8 Å². The Morgan fingerprint density at radius 3 is 0.865 bits per heavy atom. The van der Waals surface area contributed by atoms with Crippen LogP contribution in [-0.4, -0.2) is 38.0 Å². The molecule has 6 nitrogen and oxygen atoms in total. The molecule has 264 valence electrons. The highest BCUT2D eigenvalue weighted by Gasteiger charge is 2.27. The summed E-state index contributed by atoms with van der Waals surface area (Å²) in [5.74, 6) is 3.45. The first-order valence-corrected chi connectivity index (χ1v) is 18.2. The normalized spacial score (nSPS) is 23.9. The van der Waals surface area contributed by atoms with Gasteiger partial charge in [0.05, 0.1) is 0 Å². The van der Waals surface area contributed by atoms with Gasteiger partial charge < -0.3 is 18.9 Å². The Labute approximate surface area is 306 Å². The number of carbonyl (C=O) groups excluding carboxylic acids is 2. The molecular weight excluding hydrogens is 649 g/mol. The second kappa shape index (κ2) is 16.2. The topological polar surface area (TPSA) is 71.1 Å². The summed E-state index contributed by atoms with van der Waals surface area (Å²) in [7, 11) is 0. The molecule has 1 heterocycles. The van der Waals surface area contributed by atoms with Crippen LogP contribution in [0.25, 0.3) is 24.3 Å². The van der Waals surface area contributed by atoms with Crippen LogP contribution < -0.4 is 18.9 Å². The maximum Gasteiger partial charge on any atom is 0.185 e. The van der Waals surface area contributed by atoms with Crippen molar-refractivity contribution in [3.63, 3.8) is 0 Å². The number of fused-ring (bicyclic) bond motifs is 8. The first-order chi connectivity index (χ1) is 25.4. The number of para-hydroxylation sites is 4. The number of allylic oxidation sites excluding steroid dienone is 4. The number of ketones is 2. The Morgan fingerprint density at radius 2 is 0.615 bits per heavy atom. The van der Waals surface area contributed by atoms with Crippen molar-refractivity contribution in [2.24, 2.45) is 11.8 Å². The number of ether oxygens (including phenoxy) is 4. The van der Waals surface area contributed by atoms with Gasteiger partial charge in [-0.25, -0.2) is 0 Å². The Hall–Kier alpha value is -5.62. The third-order valence-corrected chi connectivity index (χ3v) is 9.63. The molecule has 52 heavy (non-hydrogen) atoms. The van der Waals surface area contributed by atoms with Crippen LogP contribution in [0.1, 0.15) is 61.8 Å². The minimum atomic E-state index is 0.0462. The van der Waals surface area contributed by atoms with E-state index in [4.69, 9.17) is 18.9 Å². The Bertz CT molecular complexity index is 1790. The maximum atomic E-state index is 13.9. The lowest BCUT2D eigenvalue weighted by Crippen LogP contribution is -2.18. The van der Waals surface area contributed by atoms with Crippen molar-refractivity contribution >= 4 is 35.9 Å². The Balaban J connectivity index is 1.23. The highest BCUT2D eigenvalue weighted by molar-refractivity contribution is 6.15. The van der Waals surface area contributed by atoms with E-state index in [9.17, 15) is 9.59 Å². The van der Waals surface area contributed by atoms with Gasteiger partial charge in [-0.15, -0.1) is 0 Å². The molecule has 0 spiro atoms. The number of rotatable bonds is 0. The van der Waals surface area contributed by atoms with Gasteiger partial charge in [0.25, 0.3) is 0 Å². The van der Waals surface area contributed by atoms with E-state index >= 15 is 0 Å². The van der Waals surface area contributed by atoms with E-state index in [0.717, 1.165) is 44.5 Å². The van der Waals surface area contributed by atoms with Crippen LogP contribution >= 0.6 is 0 Å². The summed E-state index contributed by atoms with van der Waals surface area (Å²) in [6.07, 6.45) is 10.6. The van der Waals surface area contributed by atoms with Crippen molar-refractivity contribution in [1.82, 2.24) is 0 Å². The zero-order valence-corrected chi connectivity index (χ0v) is 29.8. The molecule has 0 amide bonds. The van der Waals surface area contributed by atoms with Crippen LogP contribution in [0.15, 0.2) is 119 Å². The van der Waals surface area contributed by atoms with Gasteiger partial charge in [-0.2, -0.15) is 0 Å². The van der Waals surface area contributed by atoms with Crippen molar-refractivity contribution in [3.8, 4) is 23.0 Å². The summed E-state index contributed by atoms with van der Waals surface area (Å²) in [5, 5.41) is 0. The lowest BCUT2D eigenvalue weighted by Gasteiger charge is -2.23. The van der Waals surface area contributed by atoms with Crippen LogP contribution in [-0.2, 0) is 9.59 Å². The van der Waals surface area contributed by atoms with Crippen LogP contribution in [0.2, 0.25) is 0 Å². The van der Waals surface area contributed by atoms with Gasteiger partial charge in [0.2, 0.25) is 0 Å². The minimum absolute atomic E-state index is 0.0462. The minimum Gasteiger partial charge on any atom is -0.489 e. The molecule has 2 aliphatic carbocycles.